The van der Waals surface area contributed by atoms with E-state index >= 15 is 0 Å². The molecule has 6 nitrogen and oxygen atoms in total. The van der Waals surface area contributed by atoms with E-state index in [0.717, 1.165) is 5.56 Å². The minimum Gasteiger partial charge on any atom is -0.385 e. The average molecular weight is 336 g/mol. The topological polar surface area (TPSA) is 66.4 Å². The smallest absolute Gasteiger partial charge is 0.187 e. The van der Waals surface area contributed by atoms with E-state index in [2.05, 4.69) is 6.58 Å². The molecule has 2 fully saturated rings. The van der Waals surface area contributed by atoms with Crippen LogP contribution >= 0.6 is 0 Å². The Morgan fingerprint density at radius 1 is 1.25 bits per heavy atom. The van der Waals surface area contributed by atoms with Crippen molar-refractivity contribution < 1.29 is 28.8 Å². The quantitative estimate of drug-likeness (QED) is 0.764. The maximum absolute atomic E-state index is 10.5. The molecule has 1 aromatic rings. The van der Waals surface area contributed by atoms with Crippen molar-refractivity contribution in [3.8, 4) is 0 Å². The molecule has 0 amide bonds. The second-order valence-electron chi connectivity index (χ2n) is 5.92. The second kappa shape index (κ2) is 8.20. The van der Waals surface area contributed by atoms with E-state index in [1.165, 1.54) is 0 Å². The number of rotatable bonds is 7. The molecule has 0 spiro atoms. The van der Waals surface area contributed by atoms with Gasteiger partial charge in [-0.1, -0.05) is 36.4 Å². The first-order valence-electron chi connectivity index (χ1n) is 8.17. The predicted octanol–water partition coefficient (Wildman–Crippen LogP) is 1.62. The van der Waals surface area contributed by atoms with Gasteiger partial charge in [-0.15, -0.1) is 6.58 Å². The Balaban J connectivity index is 1.67. The Kier molecular flexibility index (Phi) is 5.99. The largest absolute Gasteiger partial charge is 0.385 e. The molecule has 6 atom stereocenters. The first kappa shape index (κ1) is 17.5. The van der Waals surface area contributed by atoms with Crippen LogP contribution in [0, 0.1) is 0 Å². The molecule has 0 aliphatic carbocycles. The number of hydrogen-bond acceptors (Lipinski definition) is 6. The summed E-state index contributed by atoms with van der Waals surface area (Å²) in [5, 5.41) is 10.5. The Morgan fingerprint density at radius 2 is 2.04 bits per heavy atom. The summed E-state index contributed by atoms with van der Waals surface area (Å²) in [7, 11) is 0. The van der Waals surface area contributed by atoms with Crippen LogP contribution in [-0.2, 0) is 30.3 Å². The molecule has 6 heteroatoms. The van der Waals surface area contributed by atoms with Gasteiger partial charge in [0.05, 0.1) is 19.8 Å². The lowest BCUT2D eigenvalue weighted by Gasteiger charge is -2.24. The van der Waals surface area contributed by atoms with Gasteiger partial charge < -0.3 is 28.8 Å². The summed E-state index contributed by atoms with van der Waals surface area (Å²) in [4.78, 5) is 0. The maximum Gasteiger partial charge on any atom is 0.187 e. The molecule has 2 aliphatic rings. The average Bonchev–Trinajstić information content (AvgIpc) is 3.16. The second-order valence-corrected chi connectivity index (χ2v) is 5.92. The summed E-state index contributed by atoms with van der Waals surface area (Å²) in [6, 6.07) is 9.79. The summed E-state index contributed by atoms with van der Waals surface area (Å²) in [6.45, 7) is 6.51. The van der Waals surface area contributed by atoms with E-state index in [1.807, 2.05) is 37.3 Å². The SMILES string of the molecule is C=CCO[C@@H]1O[C@H]([C@H]2COC(C)O2)[C@@H](OCc2ccccc2)[C@H]1O. The van der Waals surface area contributed by atoms with Crippen LogP contribution in [0.25, 0.3) is 0 Å². The highest BCUT2D eigenvalue weighted by atomic mass is 16.8. The van der Waals surface area contributed by atoms with Gasteiger partial charge in [-0.2, -0.15) is 0 Å². The molecule has 2 heterocycles. The summed E-state index contributed by atoms with van der Waals surface area (Å²) in [5.41, 5.74) is 1.02. The monoisotopic (exact) mass is 336 g/mol. The van der Waals surface area contributed by atoms with Gasteiger partial charge in [0, 0.05) is 0 Å². The highest BCUT2D eigenvalue weighted by Gasteiger charge is 2.50. The first-order valence-corrected chi connectivity index (χ1v) is 8.17. The Morgan fingerprint density at radius 3 is 2.71 bits per heavy atom. The Hall–Kier alpha value is -1.28. The summed E-state index contributed by atoms with van der Waals surface area (Å²) in [6.07, 6.45) is -1.67. The van der Waals surface area contributed by atoms with Crippen LogP contribution < -0.4 is 0 Å². The minimum absolute atomic E-state index is 0.290. The van der Waals surface area contributed by atoms with E-state index in [1.54, 1.807) is 6.08 Å². The summed E-state index contributed by atoms with van der Waals surface area (Å²) < 4.78 is 28.5. The van der Waals surface area contributed by atoms with Crippen LogP contribution in [0.4, 0.5) is 0 Å². The van der Waals surface area contributed by atoms with Crippen molar-refractivity contribution in [2.24, 2.45) is 0 Å². The summed E-state index contributed by atoms with van der Waals surface area (Å²) in [5.74, 6) is 0. The molecule has 1 unspecified atom stereocenters. The lowest BCUT2D eigenvalue weighted by Crippen LogP contribution is -2.42. The lowest BCUT2D eigenvalue weighted by atomic mass is 10.1. The third kappa shape index (κ3) is 4.03. The molecule has 0 aromatic heterocycles. The van der Waals surface area contributed by atoms with Gasteiger partial charge in [0.2, 0.25) is 0 Å². The lowest BCUT2D eigenvalue weighted by molar-refractivity contribution is -0.175. The number of aliphatic hydroxyl groups excluding tert-OH is 1. The molecular formula is C18H24O6. The number of ether oxygens (including phenoxy) is 5. The molecule has 2 saturated heterocycles. The van der Waals surface area contributed by atoms with Crippen LogP contribution in [0.3, 0.4) is 0 Å². The molecule has 1 aromatic carbocycles. The van der Waals surface area contributed by atoms with Crippen molar-refractivity contribution >= 4 is 0 Å². The third-order valence-corrected chi connectivity index (χ3v) is 4.12. The molecule has 24 heavy (non-hydrogen) atoms. The zero-order chi connectivity index (χ0) is 16.9. The molecular weight excluding hydrogens is 312 g/mol. The molecule has 0 radical (unpaired) electrons. The van der Waals surface area contributed by atoms with E-state index in [9.17, 15) is 5.11 Å². The van der Waals surface area contributed by atoms with Crippen LogP contribution in [0.1, 0.15) is 12.5 Å². The standard InChI is InChI=1S/C18H24O6/c1-3-9-20-18-15(19)17(22-10-13-7-5-4-6-8-13)16(24-18)14-11-21-12(2)23-14/h3-8,12,14-19H,1,9-11H2,2H3/t12?,14-,15-,16-,17+,18-/m1/s1. The van der Waals surface area contributed by atoms with Gasteiger partial charge in [-0.3, -0.25) is 0 Å². The van der Waals surface area contributed by atoms with Gasteiger partial charge in [-0.05, 0) is 12.5 Å². The zero-order valence-corrected chi connectivity index (χ0v) is 13.7. The van der Waals surface area contributed by atoms with Gasteiger partial charge >= 0.3 is 0 Å². The van der Waals surface area contributed by atoms with Gasteiger partial charge in [0.25, 0.3) is 0 Å². The van der Waals surface area contributed by atoms with Crippen LogP contribution in [0.15, 0.2) is 43.0 Å². The van der Waals surface area contributed by atoms with Gasteiger partial charge in [-0.25, -0.2) is 0 Å². The predicted molar refractivity (Wildman–Crippen MR) is 86.1 cm³/mol. The molecule has 132 valence electrons. The number of hydrogen-bond donors (Lipinski definition) is 1. The fraction of sp³-hybridized carbons (Fsp3) is 0.556. The van der Waals surface area contributed by atoms with E-state index in [-0.39, 0.29) is 19.0 Å². The van der Waals surface area contributed by atoms with E-state index in [4.69, 9.17) is 23.7 Å². The van der Waals surface area contributed by atoms with Crippen molar-refractivity contribution in [1.82, 2.24) is 0 Å². The van der Waals surface area contributed by atoms with Crippen LogP contribution in [-0.4, -0.2) is 55.3 Å². The Bertz CT molecular complexity index is 522. The molecule has 2 aliphatic heterocycles. The zero-order valence-electron chi connectivity index (χ0n) is 13.7. The first-order chi connectivity index (χ1) is 11.7. The third-order valence-electron chi connectivity index (χ3n) is 4.12. The highest BCUT2D eigenvalue weighted by Crippen LogP contribution is 2.31. The Labute approximate surface area is 141 Å². The highest BCUT2D eigenvalue weighted by molar-refractivity contribution is 5.13. The van der Waals surface area contributed by atoms with Gasteiger partial charge in [0.1, 0.15) is 24.4 Å². The van der Waals surface area contributed by atoms with E-state index < -0.39 is 24.6 Å². The van der Waals surface area contributed by atoms with Gasteiger partial charge in [0.15, 0.2) is 12.6 Å². The molecule has 1 N–H and O–H groups in total. The minimum atomic E-state index is -0.904. The number of benzene rings is 1. The van der Waals surface area contributed by atoms with Crippen LogP contribution in [0.5, 0.6) is 0 Å². The van der Waals surface area contributed by atoms with Crippen molar-refractivity contribution in [3.63, 3.8) is 0 Å². The summed E-state index contributed by atoms with van der Waals surface area (Å²) >= 11 is 0. The maximum atomic E-state index is 10.5. The van der Waals surface area contributed by atoms with Crippen molar-refractivity contribution in [2.45, 2.75) is 50.5 Å². The van der Waals surface area contributed by atoms with E-state index in [0.29, 0.717) is 13.2 Å². The fourth-order valence-corrected chi connectivity index (χ4v) is 2.95. The molecule has 0 bridgehead atoms. The fourth-order valence-electron chi connectivity index (χ4n) is 2.95. The van der Waals surface area contributed by atoms with Crippen molar-refractivity contribution in [2.75, 3.05) is 13.2 Å². The van der Waals surface area contributed by atoms with Crippen molar-refractivity contribution in [1.29, 1.82) is 0 Å². The normalized spacial score (nSPS) is 36.1. The number of aliphatic hydroxyl groups is 1. The molecule has 0 saturated carbocycles. The van der Waals surface area contributed by atoms with Crippen LogP contribution in [0.2, 0.25) is 0 Å². The van der Waals surface area contributed by atoms with Crippen molar-refractivity contribution in [3.05, 3.63) is 48.6 Å². The molecule has 3 rings (SSSR count).